The lowest BCUT2D eigenvalue weighted by atomic mass is 10.0. The number of benzene rings is 3. The van der Waals surface area contributed by atoms with Crippen LogP contribution in [0.1, 0.15) is 37.2 Å². The van der Waals surface area contributed by atoms with E-state index in [1.807, 2.05) is 6.92 Å². The van der Waals surface area contributed by atoms with Crippen LogP contribution >= 0.6 is 0 Å². The second-order valence-corrected chi connectivity index (χ2v) is 8.09. The zero-order valence-corrected chi connectivity index (χ0v) is 18.1. The van der Waals surface area contributed by atoms with Gasteiger partial charge in [-0.1, -0.05) is 19.4 Å². The highest BCUT2D eigenvalue weighted by atomic mass is 19.3. The Labute approximate surface area is 194 Å². The van der Waals surface area contributed by atoms with Crippen molar-refractivity contribution in [3.8, 4) is 5.75 Å². The van der Waals surface area contributed by atoms with Gasteiger partial charge in [0.15, 0.2) is 35.4 Å². The zero-order valence-electron chi connectivity index (χ0n) is 18.1. The molecule has 0 saturated carbocycles. The van der Waals surface area contributed by atoms with E-state index in [-0.39, 0.29) is 25.2 Å². The maximum Gasteiger partial charge on any atom is 0.429 e. The Morgan fingerprint density at radius 2 is 1.54 bits per heavy atom. The fourth-order valence-corrected chi connectivity index (χ4v) is 3.89. The smallest absolute Gasteiger partial charge is 0.429 e. The molecule has 0 bridgehead atoms. The standard InChI is InChI=1S/C24H18F8O3/c1-2-3-11-9-33-23(34-10-11)14-4-5-15(20(28)19(14)27)24(31,32)35-13-6-12-7-17(26)21(29)22(30)18(12)16(25)8-13/h4-8,11,23H,2-3,9-10H2,1H3. The highest BCUT2D eigenvalue weighted by Crippen LogP contribution is 2.39. The van der Waals surface area contributed by atoms with E-state index in [1.54, 1.807) is 0 Å². The lowest BCUT2D eigenvalue weighted by Crippen LogP contribution is -2.28. The monoisotopic (exact) mass is 506 g/mol. The van der Waals surface area contributed by atoms with Crippen LogP contribution in [0.5, 0.6) is 5.75 Å². The summed E-state index contributed by atoms with van der Waals surface area (Å²) in [7, 11) is 0. The summed E-state index contributed by atoms with van der Waals surface area (Å²) in [6.07, 6.45) is -4.14. The minimum Gasteiger partial charge on any atom is -0.429 e. The van der Waals surface area contributed by atoms with Crippen LogP contribution in [-0.4, -0.2) is 13.2 Å². The van der Waals surface area contributed by atoms with Crippen molar-refractivity contribution in [3.05, 3.63) is 76.4 Å². The molecule has 0 radical (unpaired) electrons. The molecule has 11 heteroatoms. The van der Waals surface area contributed by atoms with Gasteiger partial charge in [-0.05, 0) is 30.0 Å². The molecule has 0 aliphatic carbocycles. The van der Waals surface area contributed by atoms with E-state index in [1.165, 1.54) is 0 Å². The van der Waals surface area contributed by atoms with Gasteiger partial charge in [-0.2, -0.15) is 8.78 Å². The fraction of sp³-hybridized carbons (Fsp3) is 0.333. The van der Waals surface area contributed by atoms with Crippen LogP contribution in [-0.2, 0) is 15.6 Å². The maximum atomic E-state index is 14.7. The molecule has 3 nitrogen and oxygen atoms in total. The Kier molecular flexibility index (Phi) is 6.92. The Morgan fingerprint density at radius 3 is 2.20 bits per heavy atom. The molecule has 188 valence electrons. The van der Waals surface area contributed by atoms with Crippen molar-refractivity contribution >= 4 is 10.8 Å². The lowest BCUT2D eigenvalue weighted by Gasteiger charge is -2.30. The molecule has 0 unspecified atom stereocenters. The first kappa shape index (κ1) is 25.2. The average molecular weight is 506 g/mol. The number of hydrogen-bond acceptors (Lipinski definition) is 3. The number of halogens is 8. The summed E-state index contributed by atoms with van der Waals surface area (Å²) in [5.74, 6) is -11.5. The summed E-state index contributed by atoms with van der Waals surface area (Å²) < 4.78 is 129. The fourth-order valence-electron chi connectivity index (χ4n) is 3.89. The molecule has 35 heavy (non-hydrogen) atoms. The van der Waals surface area contributed by atoms with Crippen molar-refractivity contribution in [1.82, 2.24) is 0 Å². The van der Waals surface area contributed by atoms with Crippen molar-refractivity contribution in [2.45, 2.75) is 32.2 Å². The molecule has 0 N–H and O–H groups in total. The van der Waals surface area contributed by atoms with Crippen molar-refractivity contribution in [3.63, 3.8) is 0 Å². The molecule has 0 aromatic heterocycles. The molecule has 0 amide bonds. The Hall–Kier alpha value is -2.92. The van der Waals surface area contributed by atoms with E-state index in [0.717, 1.165) is 18.9 Å². The van der Waals surface area contributed by atoms with Crippen LogP contribution in [0.25, 0.3) is 10.8 Å². The first-order valence-electron chi connectivity index (χ1n) is 10.6. The number of alkyl halides is 2. The molecule has 3 aromatic rings. The molecule has 1 fully saturated rings. The van der Waals surface area contributed by atoms with Gasteiger partial charge in [-0.15, -0.1) is 0 Å². The van der Waals surface area contributed by atoms with Crippen molar-refractivity contribution < 1.29 is 49.3 Å². The lowest BCUT2D eigenvalue weighted by molar-refractivity contribution is -0.207. The van der Waals surface area contributed by atoms with E-state index >= 15 is 0 Å². The van der Waals surface area contributed by atoms with Gasteiger partial charge in [0.2, 0.25) is 0 Å². The third kappa shape index (κ3) is 4.79. The SMILES string of the molecule is CCCC1COC(c2ccc(C(F)(F)Oc3cc(F)c4c(F)c(F)c(F)cc4c3)c(F)c2F)OC1. The summed E-state index contributed by atoms with van der Waals surface area (Å²) in [5, 5.41) is -1.61. The Bertz CT molecular complexity index is 1260. The van der Waals surface area contributed by atoms with Gasteiger partial charge in [0.1, 0.15) is 17.1 Å². The minimum atomic E-state index is -4.53. The molecule has 1 heterocycles. The number of hydrogen-bond donors (Lipinski definition) is 0. The summed E-state index contributed by atoms with van der Waals surface area (Å²) in [4.78, 5) is 0. The van der Waals surface area contributed by atoms with Gasteiger partial charge in [-0.3, -0.25) is 0 Å². The third-order valence-corrected chi connectivity index (χ3v) is 5.59. The van der Waals surface area contributed by atoms with E-state index in [2.05, 4.69) is 4.74 Å². The predicted molar refractivity (Wildman–Crippen MR) is 108 cm³/mol. The minimum absolute atomic E-state index is 0.0713. The van der Waals surface area contributed by atoms with Gasteiger partial charge in [0, 0.05) is 17.5 Å². The van der Waals surface area contributed by atoms with Gasteiger partial charge in [0.25, 0.3) is 0 Å². The van der Waals surface area contributed by atoms with E-state index in [0.29, 0.717) is 18.2 Å². The molecule has 1 aliphatic rings. The molecular formula is C24H18F8O3. The second-order valence-electron chi connectivity index (χ2n) is 8.09. The van der Waals surface area contributed by atoms with Gasteiger partial charge >= 0.3 is 6.11 Å². The highest BCUT2D eigenvalue weighted by molar-refractivity contribution is 5.85. The summed E-state index contributed by atoms with van der Waals surface area (Å²) in [5.41, 5.74) is -1.95. The first-order chi connectivity index (χ1) is 16.5. The van der Waals surface area contributed by atoms with Gasteiger partial charge in [0.05, 0.1) is 18.6 Å². The summed E-state index contributed by atoms with van der Waals surface area (Å²) in [6.45, 7) is 2.41. The van der Waals surface area contributed by atoms with Crippen molar-refractivity contribution in [2.75, 3.05) is 13.2 Å². The molecule has 4 rings (SSSR count). The van der Waals surface area contributed by atoms with Gasteiger partial charge < -0.3 is 14.2 Å². The predicted octanol–water partition coefficient (Wildman–Crippen LogP) is 7.26. The van der Waals surface area contributed by atoms with Crippen LogP contribution in [0.4, 0.5) is 35.1 Å². The van der Waals surface area contributed by atoms with E-state index < -0.39 is 75.0 Å². The van der Waals surface area contributed by atoms with Crippen molar-refractivity contribution in [1.29, 1.82) is 0 Å². The zero-order chi connectivity index (χ0) is 25.5. The Balaban J connectivity index is 1.61. The number of rotatable bonds is 6. The number of ether oxygens (including phenoxy) is 3. The topological polar surface area (TPSA) is 27.7 Å². The molecular weight excluding hydrogens is 488 g/mol. The largest absolute Gasteiger partial charge is 0.429 e. The third-order valence-electron chi connectivity index (χ3n) is 5.59. The van der Waals surface area contributed by atoms with Crippen LogP contribution in [0.2, 0.25) is 0 Å². The normalized spacial score (nSPS) is 18.8. The molecule has 1 saturated heterocycles. The van der Waals surface area contributed by atoms with Crippen molar-refractivity contribution in [2.24, 2.45) is 5.92 Å². The van der Waals surface area contributed by atoms with Crippen LogP contribution in [0.3, 0.4) is 0 Å². The molecule has 0 atom stereocenters. The summed E-state index contributed by atoms with van der Waals surface area (Å²) in [6, 6.07) is 2.69. The van der Waals surface area contributed by atoms with E-state index in [4.69, 9.17) is 9.47 Å². The van der Waals surface area contributed by atoms with Crippen LogP contribution in [0, 0.1) is 40.8 Å². The average Bonchev–Trinajstić information content (AvgIpc) is 2.79. The van der Waals surface area contributed by atoms with Gasteiger partial charge in [-0.25, -0.2) is 26.3 Å². The first-order valence-corrected chi connectivity index (χ1v) is 10.6. The van der Waals surface area contributed by atoms with Crippen LogP contribution < -0.4 is 4.74 Å². The molecule has 0 spiro atoms. The summed E-state index contributed by atoms with van der Waals surface area (Å²) >= 11 is 0. The molecule has 1 aliphatic heterocycles. The van der Waals surface area contributed by atoms with Crippen LogP contribution in [0.15, 0.2) is 30.3 Å². The number of fused-ring (bicyclic) bond motifs is 1. The maximum absolute atomic E-state index is 14.7. The van der Waals surface area contributed by atoms with E-state index in [9.17, 15) is 35.1 Å². The Morgan fingerprint density at radius 1 is 0.857 bits per heavy atom. The quantitative estimate of drug-likeness (QED) is 0.260. The second kappa shape index (κ2) is 9.62. The highest BCUT2D eigenvalue weighted by Gasteiger charge is 2.40. The molecule has 3 aromatic carbocycles.